The molecule has 152 valence electrons. The molecule has 0 amide bonds. The first-order valence-electron chi connectivity index (χ1n) is 9.96. The third kappa shape index (κ3) is 6.18. The number of benzene rings is 1. The quantitative estimate of drug-likeness (QED) is 0.545. The van der Waals surface area contributed by atoms with Crippen molar-refractivity contribution in [1.29, 1.82) is 0 Å². The summed E-state index contributed by atoms with van der Waals surface area (Å²) in [6.07, 6.45) is 2.15. The number of hydrogen-bond donors (Lipinski definition) is 0. The molecule has 1 aromatic rings. The van der Waals surface area contributed by atoms with Crippen LogP contribution in [-0.4, -0.2) is 24.6 Å². The van der Waals surface area contributed by atoms with Gasteiger partial charge in [-0.2, -0.15) is 0 Å². The van der Waals surface area contributed by atoms with Crippen LogP contribution in [0.1, 0.15) is 71.3 Å². The predicted octanol–water partition coefficient (Wildman–Crippen LogP) is 5.97. The third-order valence-corrected chi connectivity index (χ3v) is 5.06. The maximum absolute atomic E-state index is 13.9. The Balaban J connectivity index is 2.34. The molecule has 0 aliphatic heterocycles. The highest BCUT2D eigenvalue weighted by Crippen LogP contribution is 2.43. The molecule has 1 fully saturated rings. The van der Waals surface area contributed by atoms with E-state index in [-0.39, 0.29) is 18.1 Å². The normalized spacial score (nSPS) is 18.2. The molecule has 0 heterocycles. The van der Waals surface area contributed by atoms with Crippen molar-refractivity contribution in [1.82, 2.24) is 0 Å². The van der Waals surface area contributed by atoms with Crippen molar-refractivity contribution < 1.29 is 23.0 Å². The van der Waals surface area contributed by atoms with Crippen molar-refractivity contribution in [2.75, 3.05) is 6.61 Å². The lowest BCUT2D eigenvalue weighted by atomic mass is 9.71. The van der Waals surface area contributed by atoms with Gasteiger partial charge in [-0.25, -0.2) is 8.78 Å². The molecule has 2 rings (SSSR count). The van der Waals surface area contributed by atoms with Gasteiger partial charge in [-0.15, -0.1) is 0 Å². The van der Waals surface area contributed by atoms with Crippen molar-refractivity contribution in [2.45, 2.75) is 77.7 Å². The van der Waals surface area contributed by atoms with E-state index in [0.717, 1.165) is 37.7 Å². The molecule has 0 N–H and O–H groups in total. The number of carbonyl (C=O) groups excluding carboxylic acids is 1. The van der Waals surface area contributed by atoms with Gasteiger partial charge in [0.1, 0.15) is 17.3 Å². The summed E-state index contributed by atoms with van der Waals surface area (Å²) in [7, 11) is 0. The van der Waals surface area contributed by atoms with Crippen molar-refractivity contribution in [2.24, 2.45) is 11.8 Å². The van der Waals surface area contributed by atoms with Crippen LogP contribution in [0.5, 0.6) is 5.75 Å². The summed E-state index contributed by atoms with van der Waals surface area (Å²) in [6.45, 7) is 7.63. The van der Waals surface area contributed by atoms with Gasteiger partial charge in [0.15, 0.2) is 0 Å². The largest absolute Gasteiger partial charge is 0.488 e. The molecule has 1 aliphatic rings. The maximum Gasteiger partial charge on any atom is 0.315 e. The number of carbonyl (C=O) groups is 1. The second-order valence-corrected chi connectivity index (χ2v) is 8.32. The number of hydrogen-bond acceptors (Lipinski definition) is 3. The average Bonchev–Trinajstić information content (AvgIpc) is 2.59. The van der Waals surface area contributed by atoms with E-state index in [4.69, 9.17) is 9.47 Å². The number of esters is 1. The molecule has 1 aliphatic carbocycles. The molecule has 27 heavy (non-hydrogen) atoms. The first-order chi connectivity index (χ1) is 12.7. The molecule has 2 unspecified atom stereocenters. The standard InChI is InChI=1S/C22H32F2O3/c1-5-26-21(25)19(20(23)24)18(15-9-7-6-8-10-15)16-11-13-17(14-12-16)27-22(2,3)4/h11-15,18-20H,5-10H2,1-4H3. The van der Waals surface area contributed by atoms with Crippen LogP contribution in [0.25, 0.3) is 0 Å². The van der Waals surface area contributed by atoms with Crippen LogP contribution < -0.4 is 4.74 Å². The van der Waals surface area contributed by atoms with Gasteiger partial charge in [0.2, 0.25) is 0 Å². The summed E-state index contributed by atoms with van der Waals surface area (Å²) < 4.78 is 38.7. The maximum atomic E-state index is 13.9. The van der Waals surface area contributed by atoms with Crippen molar-refractivity contribution >= 4 is 5.97 Å². The first-order valence-corrected chi connectivity index (χ1v) is 9.96. The van der Waals surface area contributed by atoms with Gasteiger partial charge >= 0.3 is 5.97 Å². The second kappa shape index (κ2) is 9.52. The molecule has 0 bridgehead atoms. The minimum absolute atomic E-state index is 0.0662. The van der Waals surface area contributed by atoms with Gasteiger partial charge in [0.05, 0.1) is 6.61 Å². The summed E-state index contributed by atoms with van der Waals surface area (Å²) in [4.78, 5) is 12.4. The zero-order valence-electron chi connectivity index (χ0n) is 16.8. The van der Waals surface area contributed by atoms with E-state index in [2.05, 4.69) is 0 Å². The van der Waals surface area contributed by atoms with Gasteiger partial charge in [-0.3, -0.25) is 4.79 Å². The van der Waals surface area contributed by atoms with Crippen LogP contribution in [0.4, 0.5) is 8.78 Å². The van der Waals surface area contributed by atoms with Crippen LogP contribution in [0.3, 0.4) is 0 Å². The van der Waals surface area contributed by atoms with E-state index in [1.54, 1.807) is 6.92 Å². The smallest absolute Gasteiger partial charge is 0.315 e. The fraction of sp³-hybridized carbons (Fsp3) is 0.682. The molecule has 5 heteroatoms. The summed E-state index contributed by atoms with van der Waals surface area (Å²) >= 11 is 0. The molecular formula is C22H32F2O3. The zero-order chi connectivity index (χ0) is 20.0. The zero-order valence-corrected chi connectivity index (χ0v) is 16.8. The highest BCUT2D eigenvalue weighted by atomic mass is 19.3. The van der Waals surface area contributed by atoms with Gasteiger partial charge in [0.25, 0.3) is 6.43 Å². The van der Waals surface area contributed by atoms with E-state index in [9.17, 15) is 13.6 Å². The lowest BCUT2D eigenvalue weighted by Gasteiger charge is -2.35. The van der Waals surface area contributed by atoms with Crippen LogP contribution in [-0.2, 0) is 9.53 Å². The van der Waals surface area contributed by atoms with Crippen LogP contribution >= 0.6 is 0 Å². The summed E-state index contributed by atoms with van der Waals surface area (Å²) in [5.41, 5.74) is 0.433. The molecular weight excluding hydrogens is 350 g/mol. The van der Waals surface area contributed by atoms with Gasteiger partial charge in [-0.1, -0.05) is 31.4 Å². The number of alkyl halides is 2. The number of rotatable bonds is 7. The van der Waals surface area contributed by atoms with Crippen LogP contribution in [0, 0.1) is 11.8 Å². The topological polar surface area (TPSA) is 35.5 Å². The highest BCUT2D eigenvalue weighted by Gasteiger charge is 2.42. The fourth-order valence-corrected chi connectivity index (χ4v) is 4.02. The number of halogens is 2. The highest BCUT2D eigenvalue weighted by molar-refractivity contribution is 5.74. The lowest BCUT2D eigenvalue weighted by molar-refractivity contribution is -0.156. The predicted molar refractivity (Wildman–Crippen MR) is 102 cm³/mol. The van der Waals surface area contributed by atoms with Crippen molar-refractivity contribution in [3.8, 4) is 5.75 Å². The van der Waals surface area contributed by atoms with Crippen molar-refractivity contribution in [3.05, 3.63) is 29.8 Å². The van der Waals surface area contributed by atoms with Crippen LogP contribution in [0.2, 0.25) is 0 Å². The van der Waals surface area contributed by atoms with Gasteiger partial charge in [0, 0.05) is 5.92 Å². The Labute approximate surface area is 161 Å². The van der Waals surface area contributed by atoms with Gasteiger partial charge in [-0.05, 0) is 64.2 Å². The van der Waals surface area contributed by atoms with E-state index in [1.807, 2.05) is 45.0 Å². The first kappa shape index (κ1) is 21.6. The molecule has 0 saturated heterocycles. The minimum atomic E-state index is -2.75. The Bertz CT molecular complexity index is 587. The Hall–Kier alpha value is -1.65. The molecule has 1 saturated carbocycles. The third-order valence-electron chi connectivity index (χ3n) is 5.06. The minimum Gasteiger partial charge on any atom is -0.488 e. The van der Waals surface area contributed by atoms with E-state index in [1.165, 1.54) is 0 Å². The van der Waals surface area contributed by atoms with Crippen LogP contribution in [0.15, 0.2) is 24.3 Å². The molecule has 0 aromatic heterocycles. The molecule has 0 radical (unpaired) electrons. The van der Waals surface area contributed by atoms with E-state index in [0.29, 0.717) is 5.75 Å². The molecule has 1 aromatic carbocycles. The summed E-state index contributed by atoms with van der Waals surface area (Å²) in [5.74, 6) is -2.00. The van der Waals surface area contributed by atoms with E-state index < -0.39 is 24.2 Å². The fourth-order valence-electron chi connectivity index (χ4n) is 4.02. The van der Waals surface area contributed by atoms with Gasteiger partial charge < -0.3 is 9.47 Å². The Morgan fingerprint density at radius 3 is 2.19 bits per heavy atom. The number of ether oxygens (including phenoxy) is 2. The average molecular weight is 382 g/mol. The molecule has 0 spiro atoms. The Kier molecular flexibility index (Phi) is 7.63. The molecule has 2 atom stereocenters. The van der Waals surface area contributed by atoms with Crippen molar-refractivity contribution in [3.63, 3.8) is 0 Å². The Morgan fingerprint density at radius 1 is 1.11 bits per heavy atom. The van der Waals surface area contributed by atoms with E-state index >= 15 is 0 Å². The summed E-state index contributed by atoms with van der Waals surface area (Å²) in [6, 6.07) is 7.28. The monoisotopic (exact) mass is 382 g/mol. The lowest BCUT2D eigenvalue weighted by Crippen LogP contribution is -2.35. The second-order valence-electron chi connectivity index (χ2n) is 8.32. The molecule has 3 nitrogen and oxygen atoms in total. The Morgan fingerprint density at radius 2 is 1.70 bits per heavy atom. The summed E-state index contributed by atoms with van der Waals surface area (Å²) in [5, 5.41) is 0. The SMILES string of the molecule is CCOC(=O)C(C(F)F)C(c1ccc(OC(C)(C)C)cc1)C1CCCCC1.